The number of methoxy groups -OCH3 is 3. The SMILES string of the molecule is CC[C@H]1CCC[C@H](O[C@H]2CC[C@H](N(C)C)[C@@H](C)O2)[C@@H](C)C(=O)C2=C[C@@H]3[C@H](C=C[C@@H]4C[C@@H](O[C@@H]5O[C@@H](C)[C@H](OC)[C@@H](OC)[C@H]5OC)C[C@@H]34)[C@@H]2CC(=O)O1. The highest BCUT2D eigenvalue weighted by Crippen LogP contribution is 2.54. The highest BCUT2D eigenvalue weighted by Gasteiger charge is 2.52. The van der Waals surface area contributed by atoms with Crippen molar-refractivity contribution in [1.82, 2.24) is 4.90 Å². The molecule has 0 unspecified atom stereocenters. The van der Waals surface area contributed by atoms with Crippen molar-refractivity contribution in [2.45, 2.75) is 153 Å². The molecule has 0 aromatic carbocycles. The van der Waals surface area contributed by atoms with Crippen molar-refractivity contribution in [3.8, 4) is 0 Å². The number of fused-ring (bicyclic) bond motifs is 5. The first-order valence-corrected chi connectivity index (χ1v) is 20.0. The number of esters is 1. The Morgan fingerprint density at radius 3 is 2.25 bits per heavy atom. The average molecular weight is 732 g/mol. The van der Waals surface area contributed by atoms with Crippen molar-refractivity contribution in [1.29, 1.82) is 0 Å². The van der Waals surface area contributed by atoms with Gasteiger partial charge in [0.05, 0.1) is 30.8 Å². The number of cyclic esters (lactones) is 1. The van der Waals surface area contributed by atoms with Gasteiger partial charge in [0.2, 0.25) is 0 Å². The summed E-state index contributed by atoms with van der Waals surface area (Å²) in [5.41, 5.74) is 0.763. The van der Waals surface area contributed by atoms with E-state index >= 15 is 0 Å². The maximum Gasteiger partial charge on any atom is 0.306 e. The van der Waals surface area contributed by atoms with E-state index < -0.39 is 12.4 Å². The Morgan fingerprint density at radius 2 is 1.58 bits per heavy atom. The van der Waals surface area contributed by atoms with E-state index in [2.05, 4.69) is 51.1 Å². The van der Waals surface area contributed by atoms with Crippen LogP contribution in [0.1, 0.15) is 85.5 Å². The van der Waals surface area contributed by atoms with Gasteiger partial charge >= 0.3 is 5.97 Å². The van der Waals surface area contributed by atoms with E-state index in [0.29, 0.717) is 18.4 Å². The zero-order valence-corrected chi connectivity index (χ0v) is 32.9. The minimum absolute atomic E-state index is 0.0380. The van der Waals surface area contributed by atoms with Crippen LogP contribution < -0.4 is 0 Å². The minimum atomic E-state index is -0.594. The smallest absolute Gasteiger partial charge is 0.306 e. The Balaban J connectivity index is 1.20. The topological polar surface area (TPSA) is 111 Å². The Bertz CT molecular complexity index is 1290. The second-order valence-corrected chi connectivity index (χ2v) is 16.5. The molecule has 0 bridgehead atoms. The van der Waals surface area contributed by atoms with E-state index in [0.717, 1.165) is 50.5 Å². The van der Waals surface area contributed by atoms with Crippen LogP contribution >= 0.6 is 0 Å². The lowest BCUT2D eigenvalue weighted by Crippen LogP contribution is -2.59. The molecule has 294 valence electrons. The van der Waals surface area contributed by atoms with Gasteiger partial charge in [-0.2, -0.15) is 0 Å². The zero-order chi connectivity index (χ0) is 37.3. The number of carbonyl (C=O) groups is 2. The molecule has 3 heterocycles. The number of hydrogen-bond acceptors (Lipinski definition) is 11. The molecule has 0 amide bonds. The van der Waals surface area contributed by atoms with Gasteiger partial charge in [0.15, 0.2) is 18.4 Å². The van der Waals surface area contributed by atoms with Crippen molar-refractivity contribution < 1.29 is 47.5 Å². The molecule has 0 N–H and O–H groups in total. The van der Waals surface area contributed by atoms with Gasteiger partial charge in [0, 0.05) is 39.2 Å². The van der Waals surface area contributed by atoms with Crippen molar-refractivity contribution in [3.63, 3.8) is 0 Å². The number of hydrogen-bond donors (Lipinski definition) is 0. The lowest BCUT2D eigenvalue weighted by Gasteiger charge is -2.44. The van der Waals surface area contributed by atoms with Crippen molar-refractivity contribution in [2.75, 3.05) is 35.4 Å². The van der Waals surface area contributed by atoms with Crippen LogP contribution in [0.3, 0.4) is 0 Å². The van der Waals surface area contributed by atoms with E-state index in [1.54, 1.807) is 21.3 Å². The van der Waals surface area contributed by atoms with Gasteiger partial charge in [-0.05, 0) is 109 Å². The summed E-state index contributed by atoms with van der Waals surface area (Å²) in [7, 11) is 9.15. The van der Waals surface area contributed by atoms with Crippen LogP contribution in [0, 0.1) is 35.5 Å². The largest absolute Gasteiger partial charge is 0.462 e. The molecule has 4 fully saturated rings. The van der Waals surface area contributed by atoms with Gasteiger partial charge in [-0.25, -0.2) is 0 Å². The molecule has 17 atom stereocenters. The lowest BCUT2D eigenvalue weighted by atomic mass is 9.70. The number of likely N-dealkylation sites (N-methyl/N-ethyl adjacent to an activating group) is 1. The van der Waals surface area contributed by atoms with E-state index in [4.69, 9.17) is 37.9 Å². The maximum atomic E-state index is 14.7. The number of rotatable bonds is 9. The Labute approximate surface area is 311 Å². The average Bonchev–Trinajstić information content (AvgIpc) is 3.70. The molecule has 6 aliphatic rings. The molecular formula is C41H65NO10. The molecule has 52 heavy (non-hydrogen) atoms. The van der Waals surface area contributed by atoms with Gasteiger partial charge in [-0.15, -0.1) is 0 Å². The monoisotopic (exact) mass is 731 g/mol. The summed E-state index contributed by atoms with van der Waals surface area (Å²) in [6.45, 7) is 8.17. The van der Waals surface area contributed by atoms with Gasteiger partial charge in [-0.3, -0.25) is 9.59 Å². The van der Waals surface area contributed by atoms with Crippen molar-refractivity contribution in [2.24, 2.45) is 35.5 Å². The van der Waals surface area contributed by atoms with Crippen LogP contribution in [-0.2, 0) is 47.5 Å². The van der Waals surface area contributed by atoms with Crippen molar-refractivity contribution >= 4 is 11.8 Å². The summed E-state index contributed by atoms with van der Waals surface area (Å²) < 4.78 is 49.5. The lowest BCUT2D eigenvalue weighted by molar-refractivity contribution is -0.314. The Hall–Kier alpha value is -1.70. The molecule has 1 saturated carbocycles. The highest BCUT2D eigenvalue weighted by molar-refractivity contribution is 5.99. The first-order valence-electron chi connectivity index (χ1n) is 20.0. The number of ether oxygens (including phenoxy) is 8. The number of ketones is 1. The molecule has 11 nitrogen and oxygen atoms in total. The maximum absolute atomic E-state index is 14.7. The molecule has 6 rings (SSSR count). The third kappa shape index (κ3) is 8.27. The van der Waals surface area contributed by atoms with Crippen molar-refractivity contribution in [3.05, 3.63) is 23.8 Å². The van der Waals surface area contributed by atoms with E-state index in [1.807, 2.05) is 13.8 Å². The first kappa shape index (κ1) is 40.0. The zero-order valence-electron chi connectivity index (χ0n) is 32.9. The Morgan fingerprint density at radius 1 is 0.827 bits per heavy atom. The number of carbonyl (C=O) groups excluding carboxylic acids is 2. The second-order valence-electron chi connectivity index (χ2n) is 16.5. The number of Topliss-reactive ketones (excluding diaryl/α,β-unsaturated/α-hetero) is 1. The van der Waals surface area contributed by atoms with Gasteiger partial charge < -0.3 is 42.8 Å². The summed E-state index contributed by atoms with van der Waals surface area (Å²) in [5, 5.41) is 0. The number of allylic oxidation sites excluding steroid dienone is 4. The third-order valence-corrected chi connectivity index (χ3v) is 13.3. The third-order valence-electron chi connectivity index (χ3n) is 13.3. The molecule has 3 saturated heterocycles. The standard InChI is InChI=1S/C41H65NO10/c1-10-26-12-11-13-34(52-36-17-16-33(42(5)6)23(3)48-36)22(2)37(44)32-20-30-28(31(32)21-35(43)50-26)15-14-25-18-27(19-29(25)30)51-41-40(47-9)39(46-8)38(45-7)24(4)49-41/h14-15,20,22-31,33-34,36,38-41H,10-13,16-19,21H2,1-9H3/t22-,23-,24+,25-,26+,27-,28+,29-,30-,31+,33+,34+,36+,38+,39-,40-,41+/m1/s1. The fraction of sp³-hybridized carbons (Fsp3) is 0.854. The van der Waals surface area contributed by atoms with Crippen LogP contribution in [0.25, 0.3) is 0 Å². The van der Waals surface area contributed by atoms with Crippen LogP contribution in [-0.4, -0.2) is 120 Å². The Kier molecular flexibility index (Phi) is 13.4. The highest BCUT2D eigenvalue weighted by atomic mass is 16.7. The van der Waals surface area contributed by atoms with E-state index in [9.17, 15) is 9.59 Å². The van der Waals surface area contributed by atoms with Gasteiger partial charge in [-0.1, -0.05) is 32.1 Å². The second kappa shape index (κ2) is 17.4. The fourth-order valence-corrected chi connectivity index (χ4v) is 10.4. The van der Waals surface area contributed by atoms with Gasteiger partial charge in [0.1, 0.15) is 24.4 Å². The van der Waals surface area contributed by atoms with Crippen LogP contribution in [0.4, 0.5) is 0 Å². The predicted octanol–water partition coefficient (Wildman–Crippen LogP) is 5.49. The molecular weight excluding hydrogens is 666 g/mol. The van der Waals surface area contributed by atoms with Crippen LogP contribution in [0.5, 0.6) is 0 Å². The van der Waals surface area contributed by atoms with Crippen LogP contribution in [0.2, 0.25) is 0 Å². The molecule has 0 aromatic heterocycles. The molecule has 0 spiro atoms. The van der Waals surface area contributed by atoms with E-state index in [-0.39, 0.29) is 96.8 Å². The quantitative estimate of drug-likeness (QED) is 0.222. The fourth-order valence-electron chi connectivity index (χ4n) is 10.4. The predicted molar refractivity (Wildman–Crippen MR) is 194 cm³/mol. The van der Waals surface area contributed by atoms with Crippen LogP contribution in [0.15, 0.2) is 23.8 Å². The first-order chi connectivity index (χ1) is 25.0. The summed E-state index contributed by atoms with van der Waals surface area (Å²) >= 11 is 0. The molecule has 0 aromatic rings. The summed E-state index contributed by atoms with van der Waals surface area (Å²) in [6, 6.07) is 0.339. The summed E-state index contributed by atoms with van der Waals surface area (Å²) in [6.07, 6.45) is 10.8. The number of nitrogens with zero attached hydrogens (tertiary/aromatic N) is 1. The van der Waals surface area contributed by atoms with E-state index in [1.165, 1.54) is 0 Å². The summed E-state index contributed by atoms with van der Waals surface area (Å²) in [5.74, 6) is 0.0198. The summed E-state index contributed by atoms with van der Waals surface area (Å²) in [4.78, 5) is 30.4. The molecule has 3 aliphatic heterocycles. The molecule has 0 radical (unpaired) electrons. The van der Waals surface area contributed by atoms with Gasteiger partial charge in [0.25, 0.3) is 0 Å². The molecule has 11 heteroatoms. The molecule has 3 aliphatic carbocycles. The normalized spacial score (nSPS) is 45.7. The minimum Gasteiger partial charge on any atom is -0.462 e.